The first-order chi connectivity index (χ1) is 5.22. The maximum atomic E-state index is 4.19. The molecule has 0 aromatic carbocycles. The van der Waals surface area contributed by atoms with Gasteiger partial charge in [-0.2, -0.15) is 4.98 Å². The lowest BCUT2D eigenvalue weighted by Gasteiger charge is -1.97. The van der Waals surface area contributed by atoms with E-state index in [9.17, 15) is 0 Å². The minimum Gasteiger partial charge on any atom is -0.356 e. The van der Waals surface area contributed by atoms with Crippen molar-refractivity contribution in [1.82, 2.24) is 15.2 Å². The van der Waals surface area contributed by atoms with Gasteiger partial charge in [0, 0.05) is 13.5 Å². The van der Waals surface area contributed by atoms with E-state index in [0.717, 1.165) is 12.2 Å². The van der Waals surface area contributed by atoms with Gasteiger partial charge in [0.25, 0.3) is 0 Å². The number of anilines is 1. The van der Waals surface area contributed by atoms with E-state index in [-0.39, 0.29) is 0 Å². The summed E-state index contributed by atoms with van der Waals surface area (Å²) < 4.78 is 0. The molecule has 1 aromatic heterocycles. The Hall–Kier alpha value is -1.06. The molecule has 1 aromatic rings. The zero-order chi connectivity index (χ0) is 8.27. The zero-order valence-electron chi connectivity index (χ0n) is 7.18. The molecule has 0 atom stereocenters. The van der Waals surface area contributed by atoms with E-state index in [4.69, 9.17) is 0 Å². The van der Waals surface area contributed by atoms with E-state index in [2.05, 4.69) is 34.3 Å². The Labute approximate surface area is 66.4 Å². The Morgan fingerprint density at radius 1 is 1.55 bits per heavy atom. The molecule has 0 aliphatic heterocycles. The third-order valence-electron chi connectivity index (χ3n) is 1.36. The molecule has 0 saturated carbocycles. The number of aromatic nitrogens is 3. The third kappa shape index (κ3) is 2.22. The Kier molecular flexibility index (Phi) is 2.46. The molecule has 0 unspecified atom stereocenters. The van der Waals surface area contributed by atoms with Gasteiger partial charge in [-0.1, -0.05) is 13.8 Å². The number of hydrogen-bond donors (Lipinski definition) is 2. The number of nitrogens with one attached hydrogen (secondary N) is 2. The van der Waals surface area contributed by atoms with Crippen LogP contribution in [0.1, 0.15) is 19.7 Å². The molecule has 0 aliphatic rings. The third-order valence-corrected chi connectivity index (χ3v) is 1.36. The summed E-state index contributed by atoms with van der Waals surface area (Å²) in [6.45, 7) is 4.31. The van der Waals surface area contributed by atoms with Crippen LogP contribution in [0.3, 0.4) is 0 Å². The first kappa shape index (κ1) is 8.04. The number of aromatic amines is 1. The molecule has 1 heterocycles. The smallest absolute Gasteiger partial charge is 0.241 e. The highest BCUT2D eigenvalue weighted by Crippen LogP contribution is 2.03. The molecule has 62 valence electrons. The van der Waals surface area contributed by atoms with Crippen molar-refractivity contribution >= 4 is 5.95 Å². The van der Waals surface area contributed by atoms with Crippen molar-refractivity contribution in [1.29, 1.82) is 0 Å². The molecule has 4 heteroatoms. The van der Waals surface area contributed by atoms with Gasteiger partial charge in [0.2, 0.25) is 5.95 Å². The van der Waals surface area contributed by atoms with Crippen LogP contribution in [0.2, 0.25) is 0 Å². The van der Waals surface area contributed by atoms with Gasteiger partial charge in [0.05, 0.1) is 0 Å². The van der Waals surface area contributed by atoms with Crippen molar-refractivity contribution in [2.45, 2.75) is 20.3 Å². The molecule has 0 fully saturated rings. The molecular weight excluding hydrogens is 140 g/mol. The molecule has 0 amide bonds. The first-order valence-corrected chi connectivity index (χ1v) is 3.81. The maximum Gasteiger partial charge on any atom is 0.241 e. The molecule has 1 rings (SSSR count). The Balaban J connectivity index is 2.58. The molecule has 0 radical (unpaired) electrons. The molecule has 0 aliphatic carbocycles. The normalized spacial score (nSPS) is 10.5. The average Bonchev–Trinajstić information content (AvgIpc) is 2.34. The van der Waals surface area contributed by atoms with E-state index in [1.54, 1.807) is 0 Å². The zero-order valence-corrected chi connectivity index (χ0v) is 7.18. The van der Waals surface area contributed by atoms with E-state index >= 15 is 0 Å². The highest BCUT2D eigenvalue weighted by Gasteiger charge is 2.02. The Morgan fingerprint density at radius 3 is 2.73 bits per heavy atom. The van der Waals surface area contributed by atoms with Crippen LogP contribution in [-0.2, 0) is 6.42 Å². The lowest BCUT2D eigenvalue weighted by Crippen LogP contribution is -1.96. The second kappa shape index (κ2) is 3.37. The van der Waals surface area contributed by atoms with Gasteiger partial charge in [-0.15, -0.1) is 5.10 Å². The Morgan fingerprint density at radius 2 is 2.27 bits per heavy atom. The van der Waals surface area contributed by atoms with Gasteiger partial charge >= 0.3 is 0 Å². The van der Waals surface area contributed by atoms with E-state index < -0.39 is 0 Å². The van der Waals surface area contributed by atoms with Gasteiger partial charge < -0.3 is 5.32 Å². The van der Waals surface area contributed by atoms with Crippen LogP contribution in [0.15, 0.2) is 0 Å². The Bertz CT molecular complexity index is 216. The van der Waals surface area contributed by atoms with Crippen molar-refractivity contribution in [2.24, 2.45) is 5.92 Å². The predicted molar refractivity (Wildman–Crippen MR) is 44.5 cm³/mol. The number of nitrogens with zero attached hydrogens (tertiary/aromatic N) is 2. The minimum atomic E-state index is 0.618. The van der Waals surface area contributed by atoms with Crippen LogP contribution >= 0.6 is 0 Å². The van der Waals surface area contributed by atoms with Crippen LogP contribution in [0.25, 0.3) is 0 Å². The molecule has 2 N–H and O–H groups in total. The molecule has 0 bridgehead atoms. The van der Waals surface area contributed by atoms with Crippen molar-refractivity contribution < 1.29 is 0 Å². The molecule has 11 heavy (non-hydrogen) atoms. The lowest BCUT2D eigenvalue weighted by atomic mass is 10.1. The average molecular weight is 154 g/mol. The van der Waals surface area contributed by atoms with E-state index in [1.807, 2.05) is 7.05 Å². The van der Waals surface area contributed by atoms with Crippen molar-refractivity contribution in [3.05, 3.63) is 5.82 Å². The quantitative estimate of drug-likeness (QED) is 0.684. The van der Waals surface area contributed by atoms with E-state index in [1.165, 1.54) is 0 Å². The molecule has 0 saturated heterocycles. The lowest BCUT2D eigenvalue weighted by molar-refractivity contribution is 0.622. The summed E-state index contributed by atoms with van der Waals surface area (Å²) in [5.74, 6) is 2.23. The minimum absolute atomic E-state index is 0.618. The SMILES string of the molecule is CNc1n[nH]c(CC(C)C)n1. The van der Waals surface area contributed by atoms with E-state index in [0.29, 0.717) is 11.9 Å². The highest BCUT2D eigenvalue weighted by atomic mass is 15.3. The molecular formula is C7H14N4. The first-order valence-electron chi connectivity index (χ1n) is 3.81. The van der Waals surface area contributed by atoms with Crippen LogP contribution in [0.4, 0.5) is 5.95 Å². The summed E-state index contributed by atoms with van der Waals surface area (Å²) in [7, 11) is 1.81. The second-order valence-electron chi connectivity index (χ2n) is 2.95. The molecule has 0 spiro atoms. The number of H-pyrrole nitrogens is 1. The fourth-order valence-electron chi connectivity index (χ4n) is 0.885. The van der Waals surface area contributed by atoms with Gasteiger partial charge in [0.1, 0.15) is 5.82 Å². The van der Waals surface area contributed by atoms with Gasteiger partial charge in [0.15, 0.2) is 0 Å². The molecule has 4 nitrogen and oxygen atoms in total. The van der Waals surface area contributed by atoms with Crippen molar-refractivity contribution in [2.75, 3.05) is 12.4 Å². The van der Waals surface area contributed by atoms with Crippen molar-refractivity contribution in [3.8, 4) is 0 Å². The fraction of sp³-hybridized carbons (Fsp3) is 0.714. The summed E-state index contributed by atoms with van der Waals surface area (Å²) in [4.78, 5) is 4.19. The summed E-state index contributed by atoms with van der Waals surface area (Å²) in [6, 6.07) is 0. The summed E-state index contributed by atoms with van der Waals surface area (Å²) >= 11 is 0. The van der Waals surface area contributed by atoms with Gasteiger partial charge in [-0.05, 0) is 5.92 Å². The van der Waals surface area contributed by atoms with Gasteiger partial charge in [-0.3, -0.25) is 5.10 Å². The van der Waals surface area contributed by atoms with Crippen LogP contribution in [0.5, 0.6) is 0 Å². The van der Waals surface area contributed by atoms with Gasteiger partial charge in [-0.25, -0.2) is 0 Å². The van der Waals surface area contributed by atoms with Crippen LogP contribution < -0.4 is 5.32 Å². The van der Waals surface area contributed by atoms with Crippen molar-refractivity contribution in [3.63, 3.8) is 0 Å². The highest BCUT2D eigenvalue weighted by molar-refractivity contribution is 5.20. The summed E-state index contributed by atoms with van der Waals surface area (Å²) in [5, 5.41) is 9.67. The number of hydrogen-bond acceptors (Lipinski definition) is 3. The maximum absolute atomic E-state index is 4.19. The summed E-state index contributed by atoms with van der Waals surface area (Å²) in [5.41, 5.74) is 0. The second-order valence-corrected chi connectivity index (χ2v) is 2.95. The monoisotopic (exact) mass is 154 g/mol. The largest absolute Gasteiger partial charge is 0.356 e. The topological polar surface area (TPSA) is 53.6 Å². The number of rotatable bonds is 3. The van der Waals surface area contributed by atoms with Crippen LogP contribution in [-0.4, -0.2) is 22.2 Å². The van der Waals surface area contributed by atoms with Crippen LogP contribution in [0, 0.1) is 5.92 Å². The fourth-order valence-corrected chi connectivity index (χ4v) is 0.885. The standard InChI is InChI=1S/C7H14N4/c1-5(2)4-6-9-7(8-3)11-10-6/h5H,4H2,1-3H3,(H2,8,9,10,11). The predicted octanol–water partition coefficient (Wildman–Crippen LogP) is 1.04. The summed E-state index contributed by atoms with van der Waals surface area (Å²) in [6.07, 6.45) is 0.953.